The molecule has 0 saturated heterocycles. The summed E-state index contributed by atoms with van der Waals surface area (Å²) in [5.74, 6) is -0.803. The van der Waals surface area contributed by atoms with Gasteiger partial charge in [0.25, 0.3) is 0 Å². The summed E-state index contributed by atoms with van der Waals surface area (Å²) in [6.45, 7) is 3.82. The second-order valence-corrected chi connectivity index (χ2v) is 21.0. The van der Waals surface area contributed by atoms with Crippen LogP contribution in [0.2, 0.25) is 0 Å². The zero-order valence-corrected chi connectivity index (χ0v) is 44.2. The van der Waals surface area contributed by atoms with E-state index in [9.17, 15) is 19.0 Å². The first-order valence-corrected chi connectivity index (χ1v) is 30.0. The maximum absolute atomic E-state index is 12.7. The summed E-state index contributed by atoms with van der Waals surface area (Å²) < 4.78 is 33.0. The van der Waals surface area contributed by atoms with Gasteiger partial charge < -0.3 is 20.1 Å². The number of phosphoric acid groups is 1. The van der Waals surface area contributed by atoms with Gasteiger partial charge in [0.15, 0.2) is 6.10 Å². The van der Waals surface area contributed by atoms with E-state index in [0.717, 1.165) is 32.1 Å². The number of hydrogen-bond acceptors (Lipinski definition) is 8. The van der Waals surface area contributed by atoms with Crippen molar-refractivity contribution in [2.45, 2.75) is 315 Å². The highest BCUT2D eigenvalue weighted by atomic mass is 31.2. The lowest BCUT2D eigenvalue weighted by Crippen LogP contribution is -2.29. The third-order valence-corrected chi connectivity index (χ3v) is 14.0. The Balaban J connectivity index is 3.91. The lowest BCUT2D eigenvalue weighted by atomic mass is 10.0. The van der Waals surface area contributed by atoms with E-state index in [0.29, 0.717) is 6.42 Å². The molecular formula is C55H110NO8P. The van der Waals surface area contributed by atoms with E-state index in [2.05, 4.69) is 13.8 Å². The molecule has 0 spiro atoms. The summed E-state index contributed by atoms with van der Waals surface area (Å²) in [5, 5.41) is 0. The van der Waals surface area contributed by atoms with Crippen LogP contribution in [0.5, 0.6) is 0 Å². The predicted octanol–water partition coefficient (Wildman–Crippen LogP) is 17.5. The van der Waals surface area contributed by atoms with Crippen LogP contribution in [-0.2, 0) is 32.7 Å². The predicted molar refractivity (Wildman–Crippen MR) is 275 cm³/mol. The van der Waals surface area contributed by atoms with Crippen molar-refractivity contribution in [1.29, 1.82) is 0 Å². The molecule has 0 aliphatic carbocycles. The number of phosphoric ester groups is 1. The van der Waals surface area contributed by atoms with Gasteiger partial charge in [-0.2, -0.15) is 0 Å². The second-order valence-electron chi connectivity index (χ2n) is 19.5. The molecule has 0 amide bonds. The molecule has 2 unspecified atom stereocenters. The van der Waals surface area contributed by atoms with Crippen LogP contribution in [0.25, 0.3) is 0 Å². The fraction of sp³-hybridized carbons (Fsp3) is 0.964. The van der Waals surface area contributed by atoms with Crippen molar-refractivity contribution in [3.05, 3.63) is 0 Å². The van der Waals surface area contributed by atoms with Gasteiger partial charge in [0.05, 0.1) is 13.2 Å². The summed E-state index contributed by atoms with van der Waals surface area (Å²) in [6, 6.07) is 0. The number of nitrogens with two attached hydrogens (primary N) is 1. The van der Waals surface area contributed by atoms with Crippen molar-refractivity contribution in [2.24, 2.45) is 5.73 Å². The van der Waals surface area contributed by atoms with Gasteiger partial charge >= 0.3 is 19.8 Å². The minimum atomic E-state index is -4.38. The molecule has 0 rings (SSSR count). The molecule has 0 saturated carbocycles. The first-order chi connectivity index (χ1) is 31.8. The summed E-state index contributed by atoms with van der Waals surface area (Å²) in [7, 11) is -4.38. The van der Waals surface area contributed by atoms with E-state index in [4.69, 9.17) is 24.3 Å². The zero-order chi connectivity index (χ0) is 47.4. The van der Waals surface area contributed by atoms with E-state index in [-0.39, 0.29) is 38.6 Å². The molecule has 2 atom stereocenters. The topological polar surface area (TPSA) is 134 Å². The largest absolute Gasteiger partial charge is 0.472 e. The summed E-state index contributed by atoms with van der Waals surface area (Å²) >= 11 is 0. The van der Waals surface area contributed by atoms with E-state index in [1.54, 1.807) is 0 Å². The van der Waals surface area contributed by atoms with Gasteiger partial charge in [-0.15, -0.1) is 0 Å². The number of unbranched alkanes of at least 4 members (excludes halogenated alkanes) is 42. The monoisotopic (exact) mass is 944 g/mol. The molecule has 0 aliphatic rings. The first-order valence-electron chi connectivity index (χ1n) is 28.5. The van der Waals surface area contributed by atoms with Crippen molar-refractivity contribution in [3.8, 4) is 0 Å². The van der Waals surface area contributed by atoms with E-state index in [1.807, 2.05) is 0 Å². The number of hydrogen-bond donors (Lipinski definition) is 2. The zero-order valence-electron chi connectivity index (χ0n) is 43.3. The van der Waals surface area contributed by atoms with Gasteiger partial charge in [0, 0.05) is 19.4 Å². The Labute approximate surface area is 403 Å². The lowest BCUT2D eigenvalue weighted by molar-refractivity contribution is -0.161. The molecule has 3 N–H and O–H groups in total. The van der Waals surface area contributed by atoms with Crippen LogP contribution in [-0.4, -0.2) is 49.3 Å². The highest BCUT2D eigenvalue weighted by molar-refractivity contribution is 7.47. The van der Waals surface area contributed by atoms with E-state index < -0.39 is 26.5 Å². The Bertz CT molecular complexity index is 1030. The van der Waals surface area contributed by atoms with Gasteiger partial charge in [0.2, 0.25) is 0 Å². The Morgan fingerprint density at radius 1 is 0.400 bits per heavy atom. The third kappa shape index (κ3) is 52.2. The number of carbonyl (C=O) groups is 2. The third-order valence-electron chi connectivity index (χ3n) is 13.0. The van der Waals surface area contributed by atoms with Crippen molar-refractivity contribution in [3.63, 3.8) is 0 Å². The van der Waals surface area contributed by atoms with Gasteiger partial charge in [-0.3, -0.25) is 18.6 Å². The van der Waals surface area contributed by atoms with Gasteiger partial charge in [-0.1, -0.05) is 284 Å². The van der Waals surface area contributed by atoms with Crippen LogP contribution in [0.3, 0.4) is 0 Å². The summed E-state index contributed by atoms with van der Waals surface area (Å²) in [4.78, 5) is 35.1. The molecule has 65 heavy (non-hydrogen) atoms. The van der Waals surface area contributed by atoms with E-state index in [1.165, 1.54) is 244 Å². The quantitative estimate of drug-likeness (QED) is 0.0347. The van der Waals surface area contributed by atoms with Crippen molar-refractivity contribution >= 4 is 19.8 Å². The minimum Gasteiger partial charge on any atom is -0.462 e. The number of esters is 2. The standard InChI is InChI=1S/C55H110NO8P/c1-3-5-7-9-11-13-15-17-19-21-23-24-25-26-27-28-30-32-34-36-38-40-42-44-46-48-55(58)64-53(52-63-65(59,60)62-50-49-56)51-61-54(57)47-45-43-41-39-37-35-33-31-29-22-20-18-16-14-12-10-8-6-4-2/h53H,3-52,56H2,1-2H3,(H,59,60). The molecule has 0 radical (unpaired) electrons. The van der Waals surface area contributed by atoms with Crippen molar-refractivity contribution < 1.29 is 37.6 Å². The van der Waals surface area contributed by atoms with Crippen LogP contribution in [0.4, 0.5) is 0 Å². The fourth-order valence-corrected chi connectivity index (χ4v) is 9.52. The molecule has 0 fully saturated rings. The second kappa shape index (κ2) is 52.4. The van der Waals surface area contributed by atoms with Gasteiger partial charge in [-0.05, 0) is 12.8 Å². The van der Waals surface area contributed by atoms with E-state index >= 15 is 0 Å². The molecule has 10 heteroatoms. The molecule has 0 aromatic rings. The fourth-order valence-electron chi connectivity index (χ4n) is 8.76. The lowest BCUT2D eigenvalue weighted by Gasteiger charge is -2.19. The van der Waals surface area contributed by atoms with Crippen molar-refractivity contribution in [2.75, 3.05) is 26.4 Å². The van der Waals surface area contributed by atoms with Crippen LogP contribution in [0, 0.1) is 0 Å². The van der Waals surface area contributed by atoms with Crippen LogP contribution in [0.15, 0.2) is 0 Å². The maximum Gasteiger partial charge on any atom is 0.472 e. The summed E-state index contributed by atoms with van der Waals surface area (Å²) in [6.07, 6.45) is 57.3. The maximum atomic E-state index is 12.7. The number of ether oxygens (including phenoxy) is 2. The van der Waals surface area contributed by atoms with Crippen LogP contribution < -0.4 is 5.73 Å². The molecule has 0 aliphatic heterocycles. The Hall–Kier alpha value is -0.990. The molecule has 0 heterocycles. The van der Waals surface area contributed by atoms with Gasteiger partial charge in [-0.25, -0.2) is 4.57 Å². The van der Waals surface area contributed by atoms with Crippen LogP contribution in [0.1, 0.15) is 309 Å². The Morgan fingerprint density at radius 3 is 0.938 bits per heavy atom. The molecule has 0 bridgehead atoms. The summed E-state index contributed by atoms with van der Waals surface area (Å²) in [5.41, 5.74) is 5.38. The highest BCUT2D eigenvalue weighted by Crippen LogP contribution is 2.43. The first kappa shape index (κ1) is 64.0. The SMILES string of the molecule is CCCCCCCCCCCCCCCCCCCCCCCCCCCC(=O)OC(COC(=O)CCCCCCCCCCCCCCCCCCCCC)COP(=O)(O)OCCN. The van der Waals surface area contributed by atoms with Crippen LogP contribution >= 0.6 is 7.82 Å². The molecule has 9 nitrogen and oxygen atoms in total. The average Bonchev–Trinajstić information content (AvgIpc) is 3.30. The molecular weight excluding hydrogens is 834 g/mol. The van der Waals surface area contributed by atoms with Gasteiger partial charge in [0.1, 0.15) is 6.61 Å². The normalized spacial score (nSPS) is 13.0. The number of carbonyl (C=O) groups excluding carboxylic acids is 2. The Kier molecular flexibility index (Phi) is 51.6. The molecule has 0 aromatic heterocycles. The smallest absolute Gasteiger partial charge is 0.462 e. The minimum absolute atomic E-state index is 0.0586. The Morgan fingerprint density at radius 2 is 0.662 bits per heavy atom. The number of rotatable bonds is 55. The average molecular weight is 944 g/mol. The highest BCUT2D eigenvalue weighted by Gasteiger charge is 2.26. The molecule has 0 aromatic carbocycles. The molecule has 388 valence electrons. The van der Waals surface area contributed by atoms with Crippen molar-refractivity contribution in [1.82, 2.24) is 0 Å².